The van der Waals surface area contributed by atoms with Gasteiger partial charge in [-0.25, -0.2) is 8.42 Å². The van der Waals surface area contributed by atoms with Crippen molar-refractivity contribution in [3.05, 3.63) is 59.8 Å². The van der Waals surface area contributed by atoms with Crippen molar-refractivity contribution in [2.75, 3.05) is 4.72 Å². The molecule has 0 aliphatic carbocycles. The van der Waals surface area contributed by atoms with E-state index in [0.717, 1.165) is 0 Å². The zero-order valence-electron chi connectivity index (χ0n) is 14.2. The van der Waals surface area contributed by atoms with Crippen LogP contribution in [0.5, 0.6) is 5.75 Å². The number of sulfonamides is 1. The van der Waals surface area contributed by atoms with E-state index in [4.69, 9.17) is 11.6 Å². The minimum atomic E-state index is -4.00. The fourth-order valence-corrected chi connectivity index (χ4v) is 3.82. The third kappa shape index (κ3) is 3.68. The lowest BCUT2D eigenvalue weighted by Crippen LogP contribution is -2.13. The predicted octanol–water partition coefficient (Wildman–Crippen LogP) is 4.29. The van der Waals surface area contributed by atoms with Crippen LogP contribution in [0.3, 0.4) is 0 Å². The number of phenols is 1. The first-order valence-electron chi connectivity index (χ1n) is 7.94. The van der Waals surface area contributed by atoms with Gasteiger partial charge in [0.1, 0.15) is 16.3 Å². The fourth-order valence-electron chi connectivity index (χ4n) is 2.42. The summed E-state index contributed by atoms with van der Waals surface area (Å²) < 4.78 is 29.9. The van der Waals surface area contributed by atoms with Gasteiger partial charge in [-0.1, -0.05) is 41.9 Å². The Morgan fingerprint density at radius 3 is 2.50 bits per heavy atom. The molecule has 2 N–H and O–H groups in total. The number of hydrogen-bond acceptors (Lipinski definition) is 4. The highest BCUT2D eigenvalue weighted by Gasteiger charge is 2.25. The summed E-state index contributed by atoms with van der Waals surface area (Å²) in [4.78, 5) is 0.0248. The molecule has 0 fully saturated rings. The van der Waals surface area contributed by atoms with Gasteiger partial charge in [0, 0.05) is 22.8 Å². The summed E-state index contributed by atoms with van der Waals surface area (Å²) in [5, 5.41) is 14.7. The molecule has 26 heavy (non-hydrogen) atoms. The van der Waals surface area contributed by atoms with Crippen LogP contribution in [0.15, 0.2) is 59.6 Å². The Bertz CT molecular complexity index is 1030. The molecule has 6 nitrogen and oxygen atoms in total. The summed E-state index contributed by atoms with van der Waals surface area (Å²) in [6.07, 6.45) is 1.48. The average molecular weight is 392 g/mol. The van der Waals surface area contributed by atoms with Gasteiger partial charge in [0.25, 0.3) is 10.0 Å². The number of nitrogens with one attached hydrogen (secondary N) is 1. The van der Waals surface area contributed by atoms with Crippen LogP contribution in [0.25, 0.3) is 11.3 Å². The van der Waals surface area contributed by atoms with E-state index in [-0.39, 0.29) is 22.4 Å². The summed E-state index contributed by atoms with van der Waals surface area (Å²) in [7, 11) is -4.00. The van der Waals surface area contributed by atoms with E-state index in [1.807, 2.05) is 32.0 Å². The van der Waals surface area contributed by atoms with E-state index in [1.165, 1.54) is 24.4 Å². The van der Waals surface area contributed by atoms with Crippen molar-refractivity contribution in [1.29, 1.82) is 0 Å². The number of rotatable bonds is 5. The highest BCUT2D eigenvalue weighted by molar-refractivity contribution is 7.92. The van der Waals surface area contributed by atoms with Crippen LogP contribution in [0.1, 0.15) is 19.9 Å². The lowest BCUT2D eigenvalue weighted by atomic mass is 10.2. The van der Waals surface area contributed by atoms with Gasteiger partial charge in [0.15, 0.2) is 0 Å². The van der Waals surface area contributed by atoms with E-state index in [9.17, 15) is 13.5 Å². The molecule has 0 saturated heterocycles. The summed E-state index contributed by atoms with van der Waals surface area (Å²) >= 11 is 5.90. The van der Waals surface area contributed by atoms with E-state index >= 15 is 0 Å². The maximum absolute atomic E-state index is 13.0. The predicted molar refractivity (Wildman–Crippen MR) is 102 cm³/mol. The molecule has 0 amide bonds. The maximum Gasteiger partial charge on any atom is 0.265 e. The average Bonchev–Trinajstić information content (AvgIpc) is 3.05. The van der Waals surface area contributed by atoms with Crippen LogP contribution in [-0.2, 0) is 10.0 Å². The van der Waals surface area contributed by atoms with Gasteiger partial charge >= 0.3 is 0 Å². The second kappa shape index (κ2) is 7.01. The van der Waals surface area contributed by atoms with Crippen molar-refractivity contribution < 1.29 is 13.5 Å². The lowest BCUT2D eigenvalue weighted by Gasteiger charge is -2.10. The minimum absolute atomic E-state index is 0.00816. The molecule has 3 rings (SSSR count). The Morgan fingerprint density at radius 1 is 1.15 bits per heavy atom. The molecule has 0 aliphatic rings. The van der Waals surface area contributed by atoms with E-state index < -0.39 is 10.0 Å². The monoisotopic (exact) mass is 391 g/mol. The van der Waals surface area contributed by atoms with Crippen molar-refractivity contribution in [1.82, 2.24) is 9.78 Å². The first-order valence-corrected chi connectivity index (χ1v) is 9.80. The molecule has 0 spiro atoms. The molecule has 2 aromatic carbocycles. The molecule has 0 aliphatic heterocycles. The van der Waals surface area contributed by atoms with Gasteiger partial charge in [0.05, 0.1) is 5.69 Å². The van der Waals surface area contributed by atoms with Gasteiger partial charge in [-0.2, -0.15) is 5.10 Å². The zero-order chi connectivity index (χ0) is 18.9. The first kappa shape index (κ1) is 18.3. The molecule has 0 atom stereocenters. The third-order valence-electron chi connectivity index (χ3n) is 3.77. The van der Waals surface area contributed by atoms with Gasteiger partial charge in [-0.05, 0) is 32.0 Å². The second-order valence-electron chi connectivity index (χ2n) is 6.05. The highest BCUT2D eigenvalue weighted by atomic mass is 35.5. The van der Waals surface area contributed by atoms with Crippen molar-refractivity contribution in [2.45, 2.75) is 24.8 Å². The molecule has 0 radical (unpaired) electrons. The molecule has 0 saturated carbocycles. The number of anilines is 1. The Kier molecular flexibility index (Phi) is 4.93. The summed E-state index contributed by atoms with van der Waals surface area (Å²) in [5.41, 5.74) is 1.03. The quantitative estimate of drug-likeness (QED) is 0.635. The smallest absolute Gasteiger partial charge is 0.265 e. The van der Waals surface area contributed by atoms with Crippen LogP contribution < -0.4 is 4.72 Å². The summed E-state index contributed by atoms with van der Waals surface area (Å²) in [5.74, 6) is -0.213. The standard InChI is InChI=1S/C18H18ClN3O3S/c1-12(2)22-11-17(18(20-22)13-6-4-3-5-7-13)26(24,25)21-15-10-14(19)8-9-16(15)23/h3-12,21,23H,1-2H3. The van der Waals surface area contributed by atoms with E-state index in [1.54, 1.807) is 16.8 Å². The Labute approximate surface area is 157 Å². The SMILES string of the molecule is CC(C)n1cc(S(=O)(=O)Nc2cc(Cl)ccc2O)c(-c2ccccc2)n1. The van der Waals surface area contributed by atoms with Crippen LogP contribution in [0.4, 0.5) is 5.69 Å². The number of aromatic hydroxyl groups is 1. The summed E-state index contributed by atoms with van der Waals surface area (Å²) in [6.45, 7) is 3.82. The fraction of sp³-hybridized carbons (Fsp3) is 0.167. The normalized spacial score (nSPS) is 11.7. The third-order valence-corrected chi connectivity index (χ3v) is 5.37. The number of nitrogens with zero attached hydrogens (tertiary/aromatic N) is 2. The molecule has 136 valence electrons. The largest absolute Gasteiger partial charge is 0.506 e. The molecule has 0 bridgehead atoms. The van der Waals surface area contributed by atoms with Crippen molar-refractivity contribution >= 4 is 27.3 Å². The molecule has 1 heterocycles. The van der Waals surface area contributed by atoms with Gasteiger partial charge in [-0.15, -0.1) is 0 Å². The van der Waals surface area contributed by atoms with E-state index in [2.05, 4.69) is 9.82 Å². The van der Waals surface area contributed by atoms with Crippen LogP contribution in [-0.4, -0.2) is 23.3 Å². The van der Waals surface area contributed by atoms with Crippen LogP contribution in [0.2, 0.25) is 5.02 Å². The van der Waals surface area contributed by atoms with Gasteiger partial charge in [0.2, 0.25) is 0 Å². The number of halogens is 1. The topological polar surface area (TPSA) is 84.2 Å². The molecule has 8 heteroatoms. The Hall–Kier alpha value is -2.51. The number of benzene rings is 2. The molecule has 3 aromatic rings. The van der Waals surface area contributed by atoms with Gasteiger partial charge < -0.3 is 5.11 Å². The van der Waals surface area contributed by atoms with E-state index in [0.29, 0.717) is 16.3 Å². The minimum Gasteiger partial charge on any atom is -0.506 e. The summed E-state index contributed by atoms with van der Waals surface area (Å²) in [6, 6.07) is 13.2. The maximum atomic E-state index is 13.0. The van der Waals surface area contributed by atoms with Gasteiger partial charge in [-0.3, -0.25) is 9.40 Å². The lowest BCUT2D eigenvalue weighted by molar-refractivity contribution is 0.477. The van der Waals surface area contributed by atoms with Crippen molar-refractivity contribution in [3.8, 4) is 17.0 Å². The van der Waals surface area contributed by atoms with Crippen LogP contribution in [0, 0.1) is 0 Å². The number of hydrogen-bond donors (Lipinski definition) is 2. The number of phenolic OH excluding ortho intramolecular Hbond substituents is 1. The van der Waals surface area contributed by atoms with Crippen molar-refractivity contribution in [2.24, 2.45) is 0 Å². The second-order valence-corrected chi connectivity index (χ2v) is 8.14. The van der Waals surface area contributed by atoms with Crippen molar-refractivity contribution in [3.63, 3.8) is 0 Å². The number of aromatic nitrogens is 2. The zero-order valence-corrected chi connectivity index (χ0v) is 15.8. The molecule has 1 aromatic heterocycles. The molecular formula is C18H18ClN3O3S. The first-order chi connectivity index (χ1) is 12.3. The molecule has 0 unspecified atom stereocenters. The van der Waals surface area contributed by atoms with Crippen LogP contribution >= 0.6 is 11.6 Å². The Balaban J connectivity index is 2.11. The molecular weight excluding hydrogens is 374 g/mol. The Morgan fingerprint density at radius 2 is 1.85 bits per heavy atom. The highest BCUT2D eigenvalue weighted by Crippen LogP contribution is 2.32.